The predicted octanol–water partition coefficient (Wildman–Crippen LogP) is 6.97. The first-order valence-electron chi connectivity index (χ1n) is 14.2. The van der Waals surface area contributed by atoms with Crippen LogP contribution in [0.25, 0.3) is 0 Å². The molecule has 6 rings (SSSR count). The van der Waals surface area contributed by atoms with Gasteiger partial charge in [0.05, 0.1) is 32.5 Å². The van der Waals surface area contributed by atoms with E-state index in [0.29, 0.717) is 26.4 Å². The summed E-state index contributed by atoms with van der Waals surface area (Å²) in [6.45, 7) is 1.81. The van der Waals surface area contributed by atoms with Gasteiger partial charge in [0.25, 0.3) is 0 Å². The normalized spacial score (nSPS) is 25.9. The van der Waals surface area contributed by atoms with Crippen molar-refractivity contribution in [2.75, 3.05) is 12.4 Å². The van der Waals surface area contributed by atoms with Gasteiger partial charge in [-0.15, -0.1) is 11.8 Å². The summed E-state index contributed by atoms with van der Waals surface area (Å²) in [4.78, 5) is 0. The Kier molecular flexibility index (Phi) is 9.81. The van der Waals surface area contributed by atoms with E-state index in [1.54, 1.807) is 11.8 Å². The van der Waals surface area contributed by atoms with Gasteiger partial charge in [-0.25, -0.2) is 0 Å². The number of fused-ring (bicyclic) bond motifs is 1. The largest absolute Gasteiger partial charge is 0.374 e. The zero-order chi connectivity index (χ0) is 27.7. The highest BCUT2D eigenvalue weighted by molar-refractivity contribution is 7.99. The summed E-state index contributed by atoms with van der Waals surface area (Å²) in [5, 5.41) is 0. The zero-order valence-corrected chi connectivity index (χ0v) is 23.8. The molecule has 0 bridgehead atoms. The Morgan fingerprint density at radius 2 is 1.10 bits per heavy atom. The van der Waals surface area contributed by atoms with Crippen LogP contribution in [0, 0.1) is 0 Å². The first kappa shape index (κ1) is 28.2. The van der Waals surface area contributed by atoms with E-state index in [4.69, 9.17) is 23.7 Å². The van der Waals surface area contributed by atoms with Gasteiger partial charge in [-0.2, -0.15) is 0 Å². The van der Waals surface area contributed by atoms with Gasteiger partial charge in [0.1, 0.15) is 29.9 Å². The lowest BCUT2D eigenvalue weighted by Gasteiger charge is -2.49. The molecule has 4 aromatic rings. The van der Waals surface area contributed by atoms with Crippen LogP contribution in [-0.4, -0.2) is 42.2 Å². The van der Waals surface area contributed by atoms with Crippen LogP contribution in [-0.2, 0) is 43.5 Å². The Labute approximate surface area is 246 Å². The maximum absolute atomic E-state index is 6.79. The average molecular weight is 569 g/mol. The molecular formula is C35H36O5S. The molecule has 0 unspecified atom stereocenters. The molecule has 2 saturated heterocycles. The van der Waals surface area contributed by atoms with E-state index < -0.39 is 0 Å². The predicted molar refractivity (Wildman–Crippen MR) is 161 cm³/mol. The van der Waals surface area contributed by atoms with Gasteiger partial charge >= 0.3 is 0 Å². The van der Waals surface area contributed by atoms with Crippen LogP contribution in [0.1, 0.15) is 28.4 Å². The summed E-state index contributed by atoms with van der Waals surface area (Å²) in [6.07, 6.45) is -1.38. The molecule has 5 nitrogen and oxygen atoms in total. The van der Waals surface area contributed by atoms with Gasteiger partial charge in [-0.05, 0) is 22.3 Å². The smallest absolute Gasteiger partial charge is 0.132 e. The topological polar surface area (TPSA) is 46.2 Å². The number of ether oxygens (including phenoxy) is 5. The zero-order valence-electron chi connectivity index (χ0n) is 23.0. The molecule has 2 heterocycles. The van der Waals surface area contributed by atoms with Gasteiger partial charge in [-0.1, -0.05) is 121 Å². The molecule has 6 atom stereocenters. The van der Waals surface area contributed by atoms with E-state index in [1.165, 1.54) is 0 Å². The Morgan fingerprint density at radius 3 is 1.68 bits per heavy atom. The molecule has 2 aliphatic rings. The minimum atomic E-state index is -0.383. The fraction of sp³-hybridized carbons (Fsp3) is 0.314. The van der Waals surface area contributed by atoms with E-state index in [9.17, 15) is 0 Å². The van der Waals surface area contributed by atoms with Gasteiger partial charge < -0.3 is 23.7 Å². The Morgan fingerprint density at radius 1 is 0.585 bits per heavy atom. The summed E-state index contributed by atoms with van der Waals surface area (Å²) in [5.41, 5.74) is 4.31. The second kappa shape index (κ2) is 14.3. The van der Waals surface area contributed by atoms with Crippen LogP contribution in [0.5, 0.6) is 0 Å². The fourth-order valence-corrected chi connectivity index (χ4v) is 6.60. The fourth-order valence-electron chi connectivity index (χ4n) is 5.34. The maximum atomic E-state index is 6.79. The van der Waals surface area contributed by atoms with Crippen molar-refractivity contribution < 1.29 is 23.7 Å². The molecule has 0 saturated carbocycles. The summed E-state index contributed by atoms with van der Waals surface area (Å²) in [7, 11) is 0. The lowest BCUT2D eigenvalue weighted by molar-refractivity contribution is -0.262. The first-order valence-corrected chi connectivity index (χ1v) is 15.3. The molecule has 0 spiro atoms. The summed E-state index contributed by atoms with van der Waals surface area (Å²) >= 11 is 1.79. The monoisotopic (exact) mass is 568 g/mol. The summed E-state index contributed by atoms with van der Waals surface area (Å²) < 4.78 is 33.1. The SMILES string of the molecule is c1ccc(COC[C@H]2O[C@H]3SC[C@H](c4ccccc4)O[C@@H]3[C@@H](OCc3ccccc3)[C@@H]2OCc2ccccc2)cc1. The highest BCUT2D eigenvalue weighted by atomic mass is 32.2. The second-order valence-corrected chi connectivity index (χ2v) is 11.5. The third-order valence-corrected chi connectivity index (χ3v) is 8.66. The van der Waals surface area contributed by atoms with Gasteiger partial charge in [0.15, 0.2) is 0 Å². The Hall–Kier alpha value is -2.97. The van der Waals surface area contributed by atoms with E-state index >= 15 is 0 Å². The van der Waals surface area contributed by atoms with Crippen molar-refractivity contribution in [2.45, 2.75) is 55.8 Å². The minimum Gasteiger partial charge on any atom is -0.374 e. The second-order valence-electron chi connectivity index (χ2n) is 10.4. The number of benzene rings is 4. The van der Waals surface area contributed by atoms with Gasteiger partial charge in [0, 0.05) is 5.75 Å². The molecular weight excluding hydrogens is 532 g/mol. The lowest BCUT2D eigenvalue weighted by atomic mass is 9.98. The van der Waals surface area contributed by atoms with E-state index in [2.05, 4.69) is 60.7 Å². The van der Waals surface area contributed by atoms with E-state index in [1.807, 2.05) is 60.7 Å². The van der Waals surface area contributed by atoms with Crippen molar-refractivity contribution in [3.8, 4) is 0 Å². The molecule has 6 heteroatoms. The quantitative estimate of drug-likeness (QED) is 0.195. The number of hydrogen-bond donors (Lipinski definition) is 0. The van der Waals surface area contributed by atoms with Crippen molar-refractivity contribution >= 4 is 11.8 Å². The van der Waals surface area contributed by atoms with Crippen LogP contribution in [0.15, 0.2) is 121 Å². The minimum absolute atomic E-state index is 0.0467. The number of thioether (sulfide) groups is 1. The van der Waals surface area contributed by atoms with Crippen LogP contribution in [0.4, 0.5) is 0 Å². The Balaban J connectivity index is 1.25. The van der Waals surface area contributed by atoms with E-state index in [-0.39, 0.29) is 36.0 Å². The summed E-state index contributed by atoms with van der Waals surface area (Å²) in [5.74, 6) is 0.809. The molecule has 0 radical (unpaired) electrons. The third kappa shape index (κ3) is 7.46. The molecule has 0 amide bonds. The van der Waals surface area contributed by atoms with Crippen molar-refractivity contribution in [1.82, 2.24) is 0 Å². The molecule has 0 N–H and O–H groups in total. The Bertz CT molecular complexity index is 1310. The van der Waals surface area contributed by atoms with Crippen LogP contribution in [0.2, 0.25) is 0 Å². The average Bonchev–Trinajstić information content (AvgIpc) is 3.04. The lowest BCUT2D eigenvalue weighted by Crippen LogP contribution is -2.61. The highest BCUT2D eigenvalue weighted by Gasteiger charge is 2.51. The van der Waals surface area contributed by atoms with Crippen LogP contribution in [0.3, 0.4) is 0 Å². The van der Waals surface area contributed by atoms with E-state index in [0.717, 1.165) is 28.0 Å². The van der Waals surface area contributed by atoms with Crippen LogP contribution < -0.4 is 0 Å². The number of rotatable bonds is 11. The van der Waals surface area contributed by atoms with Crippen LogP contribution >= 0.6 is 11.8 Å². The molecule has 0 aromatic heterocycles. The van der Waals surface area contributed by atoms with Crippen molar-refractivity contribution in [3.05, 3.63) is 144 Å². The standard InChI is InChI=1S/C35H36O5S/c1-5-13-26(14-6-1)21-36-24-30-32(37-22-27-15-7-2-8-16-27)33(38-23-28-17-9-3-10-18-28)34-35(40-30)41-25-31(39-34)29-19-11-4-12-20-29/h1-20,30-35H,21-25H2/t30-,31-,32-,33+,34-,35+/m1/s1. The number of hydrogen-bond acceptors (Lipinski definition) is 6. The van der Waals surface area contributed by atoms with Crippen molar-refractivity contribution in [1.29, 1.82) is 0 Å². The highest BCUT2D eigenvalue weighted by Crippen LogP contribution is 2.42. The summed E-state index contributed by atoms with van der Waals surface area (Å²) in [6, 6.07) is 41.1. The molecule has 41 heavy (non-hydrogen) atoms. The molecule has 0 aliphatic carbocycles. The molecule has 212 valence electrons. The van der Waals surface area contributed by atoms with Gasteiger partial charge in [-0.3, -0.25) is 0 Å². The molecule has 2 fully saturated rings. The van der Waals surface area contributed by atoms with Gasteiger partial charge in [0.2, 0.25) is 0 Å². The van der Waals surface area contributed by atoms with Crippen molar-refractivity contribution in [2.24, 2.45) is 0 Å². The maximum Gasteiger partial charge on any atom is 0.132 e. The van der Waals surface area contributed by atoms with Crippen molar-refractivity contribution in [3.63, 3.8) is 0 Å². The third-order valence-electron chi connectivity index (χ3n) is 7.46. The molecule has 2 aliphatic heterocycles. The molecule has 4 aromatic carbocycles. The first-order chi connectivity index (χ1) is 20.3.